The number of nitrogens with one attached hydrogen (secondary N) is 1. The molecule has 6 nitrogen and oxygen atoms in total. The summed E-state index contributed by atoms with van der Waals surface area (Å²) in [7, 11) is 0. The predicted octanol–water partition coefficient (Wildman–Crippen LogP) is 3.52. The van der Waals surface area contributed by atoms with Gasteiger partial charge in [0.05, 0.1) is 18.8 Å². The molecule has 28 heavy (non-hydrogen) atoms. The third-order valence-electron chi connectivity index (χ3n) is 4.95. The fourth-order valence-electron chi connectivity index (χ4n) is 3.49. The first-order valence-electron chi connectivity index (χ1n) is 9.75. The maximum Gasteiger partial charge on any atom is 0.350 e. The minimum atomic E-state index is -0.390. The molecule has 2 heterocycles. The highest BCUT2D eigenvalue weighted by atomic mass is 32.1. The molecule has 0 spiro atoms. The fraction of sp³-hybridized carbons (Fsp3) is 0.476. The lowest BCUT2D eigenvalue weighted by Crippen LogP contribution is -2.39. The lowest BCUT2D eigenvalue weighted by Gasteiger charge is -2.31. The van der Waals surface area contributed by atoms with Gasteiger partial charge in [-0.2, -0.15) is 0 Å². The summed E-state index contributed by atoms with van der Waals surface area (Å²) in [5, 5.41) is 3.27. The SMILES string of the molecule is CCOC(=O)c1sc(NC(=O)CN2CCC(Cc3ccccc3)CC2)nc1C. The van der Waals surface area contributed by atoms with Gasteiger partial charge in [-0.15, -0.1) is 0 Å². The first kappa shape index (κ1) is 20.5. The Labute approximate surface area is 169 Å². The third kappa shape index (κ3) is 5.62. The summed E-state index contributed by atoms with van der Waals surface area (Å²) in [4.78, 5) is 31.1. The Kier molecular flexibility index (Phi) is 7.17. The molecule has 2 aromatic rings. The second-order valence-corrected chi connectivity index (χ2v) is 8.11. The van der Waals surface area contributed by atoms with E-state index in [2.05, 4.69) is 39.5 Å². The van der Waals surface area contributed by atoms with Gasteiger partial charge in [0.15, 0.2) is 5.13 Å². The molecule has 1 aromatic heterocycles. The van der Waals surface area contributed by atoms with Gasteiger partial charge in [0.25, 0.3) is 0 Å². The van der Waals surface area contributed by atoms with Crippen LogP contribution in [0.1, 0.15) is 40.7 Å². The zero-order valence-electron chi connectivity index (χ0n) is 16.4. The van der Waals surface area contributed by atoms with Gasteiger partial charge in [0, 0.05) is 0 Å². The van der Waals surface area contributed by atoms with Gasteiger partial charge in [-0.25, -0.2) is 9.78 Å². The summed E-state index contributed by atoms with van der Waals surface area (Å²) in [6.07, 6.45) is 3.31. The number of hydrogen-bond donors (Lipinski definition) is 1. The average molecular weight is 402 g/mol. The molecule has 0 aliphatic carbocycles. The van der Waals surface area contributed by atoms with E-state index >= 15 is 0 Å². The van der Waals surface area contributed by atoms with Crippen molar-refractivity contribution in [2.45, 2.75) is 33.1 Å². The number of aromatic nitrogens is 1. The second kappa shape index (κ2) is 9.80. The van der Waals surface area contributed by atoms with Crippen molar-refractivity contribution < 1.29 is 14.3 Å². The topological polar surface area (TPSA) is 71.5 Å². The number of aryl methyl sites for hydroxylation is 1. The van der Waals surface area contributed by atoms with Crippen LogP contribution in [-0.2, 0) is 16.0 Å². The van der Waals surface area contributed by atoms with E-state index in [0.29, 0.717) is 34.8 Å². The number of esters is 1. The molecule has 0 unspecified atom stereocenters. The Morgan fingerprint density at radius 3 is 2.64 bits per heavy atom. The Balaban J connectivity index is 1.45. The summed E-state index contributed by atoms with van der Waals surface area (Å²) in [5.41, 5.74) is 1.97. The molecule has 0 bridgehead atoms. The van der Waals surface area contributed by atoms with Crippen LogP contribution in [-0.4, -0.2) is 48.0 Å². The predicted molar refractivity (Wildman–Crippen MR) is 111 cm³/mol. The van der Waals surface area contributed by atoms with Gasteiger partial charge >= 0.3 is 5.97 Å². The first-order chi connectivity index (χ1) is 13.5. The van der Waals surface area contributed by atoms with Crippen molar-refractivity contribution in [2.24, 2.45) is 5.92 Å². The fourth-order valence-corrected chi connectivity index (χ4v) is 4.37. The summed E-state index contributed by atoms with van der Waals surface area (Å²) in [6.45, 7) is 6.03. The maximum absolute atomic E-state index is 12.4. The monoisotopic (exact) mass is 401 g/mol. The molecule has 1 N–H and O–H groups in total. The average Bonchev–Trinajstić information content (AvgIpc) is 3.04. The largest absolute Gasteiger partial charge is 0.462 e. The molecule has 1 aliphatic rings. The maximum atomic E-state index is 12.4. The highest BCUT2D eigenvalue weighted by Crippen LogP contribution is 2.24. The van der Waals surface area contributed by atoms with Crippen LogP contribution in [0.4, 0.5) is 5.13 Å². The summed E-state index contributed by atoms with van der Waals surface area (Å²) in [6, 6.07) is 10.6. The van der Waals surface area contributed by atoms with Crippen LogP contribution in [0.5, 0.6) is 0 Å². The van der Waals surface area contributed by atoms with Gasteiger partial charge in [0.1, 0.15) is 4.88 Å². The van der Waals surface area contributed by atoms with Gasteiger partial charge in [-0.3, -0.25) is 9.69 Å². The molecule has 3 rings (SSSR count). The molecule has 0 atom stereocenters. The lowest BCUT2D eigenvalue weighted by atomic mass is 9.90. The minimum absolute atomic E-state index is 0.0920. The van der Waals surface area contributed by atoms with Crippen LogP contribution < -0.4 is 5.32 Å². The number of carbonyl (C=O) groups excluding carboxylic acids is 2. The number of nitrogens with zero attached hydrogens (tertiary/aromatic N) is 2. The van der Waals surface area contributed by atoms with Crippen LogP contribution in [0, 0.1) is 12.8 Å². The van der Waals surface area contributed by atoms with Crippen LogP contribution in [0.2, 0.25) is 0 Å². The Bertz CT molecular complexity index is 798. The van der Waals surface area contributed by atoms with Crippen molar-refractivity contribution in [3.05, 3.63) is 46.5 Å². The molecule has 1 aromatic carbocycles. The van der Waals surface area contributed by atoms with E-state index in [1.54, 1.807) is 13.8 Å². The molecule has 150 valence electrons. The first-order valence-corrected chi connectivity index (χ1v) is 10.6. The zero-order chi connectivity index (χ0) is 19.9. The molecule has 1 fully saturated rings. The van der Waals surface area contributed by atoms with E-state index in [0.717, 1.165) is 43.7 Å². The van der Waals surface area contributed by atoms with E-state index in [4.69, 9.17) is 4.74 Å². The second-order valence-electron chi connectivity index (χ2n) is 7.11. The van der Waals surface area contributed by atoms with E-state index in [-0.39, 0.29) is 5.91 Å². The zero-order valence-corrected chi connectivity index (χ0v) is 17.3. The Morgan fingerprint density at radius 1 is 1.25 bits per heavy atom. The lowest BCUT2D eigenvalue weighted by molar-refractivity contribution is -0.117. The van der Waals surface area contributed by atoms with Crippen molar-refractivity contribution in [1.82, 2.24) is 9.88 Å². The number of amides is 1. The number of ether oxygens (including phenoxy) is 1. The van der Waals surface area contributed by atoms with Gasteiger partial charge < -0.3 is 10.1 Å². The highest BCUT2D eigenvalue weighted by molar-refractivity contribution is 7.17. The molecule has 0 radical (unpaired) electrons. The number of rotatable bonds is 7. The summed E-state index contributed by atoms with van der Waals surface area (Å²) in [5.74, 6) is 0.194. The van der Waals surface area contributed by atoms with Crippen molar-refractivity contribution in [1.29, 1.82) is 0 Å². The van der Waals surface area contributed by atoms with E-state index in [1.165, 1.54) is 5.56 Å². The Hall–Kier alpha value is -2.25. The number of likely N-dealkylation sites (tertiary alicyclic amines) is 1. The molecule has 1 saturated heterocycles. The number of hydrogen-bond acceptors (Lipinski definition) is 6. The van der Waals surface area contributed by atoms with Crippen molar-refractivity contribution in [2.75, 3.05) is 31.6 Å². The number of carbonyl (C=O) groups is 2. The van der Waals surface area contributed by atoms with E-state index in [1.807, 2.05) is 6.07 Å². The number of benzene rings is 1. The van der Waals surface area contributed by atoms with Crippen molar-refractivity contribution >= 4 is 28.3 Å². The molecular weight excluding hydrogens is 374 g/mol. The van der Waals surface area contributed by atoms with Gasteiger partial charge in [0.2, 0.25) is 5.91 Å². The quantitative estimate of drug-likeness (QED) is 0.719. The van der Waals surface area contributed by atoms with E-state index in [9.17, 15) is 9.59 Å². The van der Waals surface area contributed by atoms with Gasteiger partial charge in [-0.05, 0) is 57.7 Å². The summed E-state index contributed by atoms with van der Waals surface area (Å²) >= 11 is 1.16. The number of thiazole rings is 1. The van der Waals surface area contributed by atoms with Gasteiger partial charge in [-0.1, -0.05) is 41.7 Å². The third-order valence-corrected chi connectivity index (χ3v) is 6.00. The van der Waals surface area contributed by atoms with Crippen molar-refractivity contribution in [3.63, 3.8) is 0 Å². The molecule has 1 amide bonds. The molecule has 7 heteroatoms. The van der Waals surface area contributed by atoms with Crippen LogP contribution in [0.25, 0.3) is 0 Å². The summed E-state index contributed by atoms with van der Waals surface area (Å²) < 4.78 is 5.01. The normalized spacial score (nSPS) is 15.4. The number of piperidine rings is 1. The molecule has 1 aliphatic heterocycles. The van der Waals surface area contributed by atoms with Crippen molar-refractivity contribution in [3.8, 4) is 0 Å². The van der Waals surface area contributed by atoms with E-state index < -0.39 is 5.97 Å². The standard InChI is InChI=1S/C21H27N3O3S/c1-3-27-20(26)19-15(2)22-21(28-19)23-18(25)14-24-11-9-17(10-12-24)13-16-7-5-4-6-8-16/h4-8,17H,3,9-14H2,1-2H3,(H,22,23,25). The molecule has 0 saturated carbocycles. The van der Waals surface area contributed by atoms with Crippen LogP contribution >= 0.6 is 11.3 Å². The smallest absolute Gasteiger partial charge is 0.350 e. The number of anilines is 1. The van der Waals surface area contributed by atoms with Crippen LogP contribution in [0.15, 0.2) is 30.3 Å². The highest BCUT2D eigenvalue weighted by Gasteiger charge is 2.22. The Morgan fingerprint density at radius 2 is 1.96 bits per heavy atom. The minimum Gasteiger partial charge on any atom is -0.462 e. The molecular formula is C21H27N3O3S. The van der Waals surface area contributed by atoms with Crippen LogP contribution in [0.3, 0.4) is 0 Å².